The summed E-state index contributed by atoms with van der Waals surface area (Å²) in [7, 11) is -3.90. The van der Waals surface area contributed by atoms with E-state index in [1.807, 2.05) is 6.92 Å². The van der Waals surface area contributed by atoms with Crippen molar-refractivity contribution in [2.75, 3.05) is 17.9 Å². The predicted molar refractivity (Wildman–Crippen MR) is 96.4 cm³/mol. The molecule has 0 aromatic heterocycles. The summed E-state index contributed by atoms with van der Waals surface area (Å²) in [5.41, 5.74) is 6.82. The molecule has 0 radical (unpaired) electrons. The lowest BCUT2D eigenvalue weighted by atomic mass is 10.0. The molecule has 0 saturated carbocycles. The van der Waals surface area contributed by atoms with Crippen LogP contribution in [0.2, 0.25) is 0 Å². The van der Waals surface area contributed by atoms with Crippen molar-refractivity contribution in [3.05, 3.63) is 29.8 Å². The van der Waals surface area contributed by atoms with Crippen LogP contribution in [-0.2, 0) is 24.3 Å². The minimum Gasteiger partial charge on any atom is -0.465 e. The molecule has 1 heterocycles. The Kier molecular flexibility index (Phi) is 6.57. The van der Waals surface area contributed by atoms with E-state index in [4.69, 9.17) is 4.74 Å². The van der Waals surface area contributed by atoms with E-state index in [9.17, 15) is 18.0 Å². The molecule has 0 bridgehead atoms. The Labute approximate surface area is 152 Å². The normalized spacial score (nSPS) is 22.7. The molecule has 0 spiro atoms. The number of esters is 1. The molecule has 144 valence electrons. The molecule has 1 saturated heterocycles. The molecule has 9 nitrogen and oxygen atoms in total. The molecule has 26 heavy (non-hydrogen) atoms. The van der Waals surface area contributed by atoms with Gasteiger partial charge in [0.25, 0.3) is 10.0 Å². The highest BCUT2D eigenvalue weighted by molar-refractivity contribution is 7.93. The van der Waals surface area contributed by atoms with Crippen LogP contribution in [-0.4, -0.2) is 44.9 Å². The zero-order valence-corrected chi connectivity index (χ0v) is 15.7. The van der Waals surface area contributed by atoms with Crippen LogP contribution in [0.3, 0.4) is 0 Å². The van der Waals surface area contributed by atoms with Gasteiger partial charge >= 0.3 is 5.97 Å². The Bertz CT molecular complexity index is 750. The molecule has 3 atom stereocenters. The summed E-state index contributed by atoms with van der Waals surface area (Å²) < 4.78 is 32.6. The third kappa shape index (κ3) is 4.93. The minimum absolute atomic E-state index is 0.203. The average Bonchev–Trinajstić information content (AvgIpc) is 2.97. The van der Waals surface area contributed by atoms with Crippen molar-refractivity contribution in [2.24, 2.45) is 5.92 Å². The van der Waals surface area contributed by atoms with Gasteiger partial charge in [0.1, 0.15) is 6.54 Å². The zero-order chi connectivity index (χ0) is 19.3. The molecule has 2 rings (SSSR count). The fourth-order valence-electron chi connectivity index (χ4n) is 2.63. The van der Waals surface area contributed by atoms with Gasteiger partial charge in [-0.25, -0.2) is 13.8 Å². The van der Waals surface area contributed by atoms with Crippen molar-refractivity contribution < 1.29 is 22.7 Å². The highest BCUT2D eigenvalue weighted by atomic mass is 32.2. The Hall–Kier alpha value is -2.17. The first-order valence-corrected chi connectivity index (χ1v) is 9.82. The van der Waals surface area contributed by atoms with E-state index < -0.39 is 39.2 Å². The van der Waals surface area contributed by atoms with Gasteiger partial charge < -0.3 is 10.1 Å². The monoisotopic (exact) mass is 384 g/mol. The maximum atomic E-state index is 12.7. The van der Waals surface area contributed by atoms with Gasteiger partial charge in [0.2, 0.25) is 5.91 Å². The first-order valence-electron chi connectivity index (χ1n) is 8.27. The number of anilines is 1. The molecule has 0 aliphatic carbocycles. The number of sulfonamides is 1. The molecule has 1 fully saturated rings. The van der Waals surface area contributed by atoms with Gasteiger partial charge in [-0.1, -0.05) is 17.7 Å². The van der Waals surface area contributed by atoms with Gasteiger partial charge in [0, 0.05) is 11.7 Å². The van der Waals surface area contributed by atoms with Crippen LogP contribution in [0.5, 0.6) is 0 Å². The van der Waals surface area contributed by atoms with Gasteiger partial charge in [0.05, 0.1) is 12.5 Å². The van der Waals surface area contributed by atoms with Gasteiger partial charge in [-0.2, -0.15) is 0 Å². The number of nitrogens with one attached hydrogen (secondary N) is 4. The van der Waals surface area contributed by atoms with Crippen molar-refractivity contribution in [1.82, 2.24) is 16.2 Å². The summed E-state index contributed by atoms with van der Waals surface area (Å²) in [5.74, 6) is -2.06. The molecule has 3 unspecified atom stereocenters. The van der Waals surface area contributed by atoms with Crippen LogP contribution in [0.4, 0.5) is 5.69 Å². The van der Waals surface area contributed by atoms with Crippen molar-refractivity contribution >= 4 is 27.6 Å². The molecule has 1 aromatic carbocycles. The maximum absolute atomic E-state index is 12.7. The van der Waals surface area contributed by atoms with E-state index in [2.05, 4.69) is 20.9 Å². The number of carbonyl (C=O) groups is 2. The average molecular weight is 384 g/mol. The zero-order valence-electron chi connectivity index (χ0n) is 14.9. The van der Waals surface area contributed by atoms with E-state index >= 15 is 0 Å². The SMILES string of the molecule is CCOC(=O)CNC(=O)C1C(C)NNC1S(=O)(=O)Nc1ccc(C)cc1. The van der Waals surface area contributed by atoms with Crippen LogP contribution in [0.15, 0.2) is 24.3 Å². The minimum atomic E-state index is -3.90. The number of hydrazine groups is 1. The first-order chi connectivity index (χ1) is 12.2. The number of benzene rings is 1. The largest absolute Gasteiger partial charge is 0.465 e. The predicted octanol–water partition coefficient (Wildman–Crippen LogP) is -0.145. The molecule has 1 aromatic rings. The molecular formula is C16H24N4O5S. The number of hydrogen-bond donors (Lipinski definition) is 4. The van der Waals surface area contributed by atoms with E-state index in [0.717, 1.165) is 5.56 Å². The lowest BCUT2D eigenvalue weighted by molar-refractivity contribution is -0.143. The summed E-state index contributed by atoms with van der Waals surface area (Å²) in [6.07, 6.45) is 0. The van der Waals surface area contributed by atoms with Crippen LogP contribution >= 0.6 is 0 Å². The van der Waals surface area contributed by atoms with Gasteiger partial charge in [0.15, 0.2) is 5.37 Å². The van der Waals surface area contributed by atoms with Crippen LogP contribution in [0.25, 0.3) is 0 Å². The number of rotatable bonds is 7. The third-order valence-corrected chi connectivity index (χ3v) is 5.58. The first kappa shape index (κ1) is 20.1. The number of carbonyl (C=O) groups excluding carboxylic acids is 2. The van der Waals surface area contributed by atoms with Crippen molar-refractivity contribution in [1.29, 1.82) is 0 Å². The molecule has 4 N–H and O–H groups in total. The topological polar surface area (TPSA) is 126 Å². The van der Waals surface area contributed by atoms with E-state index in [-0.39, 0.29) is 13.2 Å². The van der Waals surface area contributed by atoms with Crippen LogP contribution in [0, 0.1) is 12.8 Å². The Morgan fingerprint density at radius 2 is 1.85 bits per heavy atom. The van der Waals surface area contributed by atoms with Gasteiger partial charge in [-0.05, 0) is 32.9 Å². The molecule has 1 aliphatic rings. The van der Waals surface area contributed by atoms with Crippen LogP contribution in [0.1, 0.15) is 19.4 Å². The highest BCUT2D eigenvalue weighted by Gasteiger charge is 2.46. The van der Waals surface area contributed by atoms with Crippen molar-refractivity contribution in [3.63, 3.8) is 0 Å². The second kappa shape index (κ2) is 8.47. The summed E-state index contributed by atoms with van der Waals surface area (Å²) in [6, 6.07) is 6.41. The molecule has 1 aliphatic heterocycles. The molecular weight excluding hydrogens is 360 g/mol. The Balaban J connectivity index is 2.09. The quantitative estimate of drug-likeness (QED) is 0.482. The summed E-state index contributed by atoms with van der Waals surface area (Å²) in [4.78, 5) is 23.8. The van der Waals surface area contributed by atoms with Crippen molar-refractivity contribution in [2.45, 2.75) is 32.2 Å². The smallest absolute Gasteiger partial charge is 0.325 e. The number of amides is 1. The van der Waals surface area contributed by atoms with Crippen LogP contribution < -0.4 is 20.9 Å². The van der Waals surface area contributed by atoms with E-state index in [1.54, 1.807) is 38.1 Å². The maximum Gasteiger partial charge on any atom is 0.325 e. The van der Waals surface area contributed by atoms with E-state index in [1.165, 1.54) is 0 Å². The van der Waals surface area contributed by atoms with E-state index in [0.29, 0.717) is 5.69 Å². The number of aryl methyl sites for hydroxylation is 1. The fourth-order valence-corrected chi connectivity index (χ4v) is 4.19. The van der Waals surface area contributed by atoms with Gasteiger partial charge in [-0.15, -0.1) is 0 Å². The summed E-state index contributed by atoms with van der Waals surface area (Å²) >= 11 is 0. The Morgan fingerprint density at radius 3 is 2.46 bits per heavy atom. The second-order valence-electron chi connectivity index (χ2n) is 6.06. The van der Waals surface area contributed by atoms with Gasteiger partial charge in [-0.3, -0.25) is 19.7 Å². The number of hydrogen-bond acceptors (Lipinski definition) is 7. The Morgan fingerprint density at radius 1 is 1.19 bits per heavy atom. The standard InChI is InChI=1S/C16H24N4O5S/c1-4-25-13(21)9-17-15(22)14-11(3)18-19-16(14)26(23,24)20-12-7-5-10(2)6-8-12/h5-8,11,14,16,18-20H,4,9H2,1-3H3,(H,17,22). The summed E-state index contributed by atoms with van der Waals surface area (Å²) in [5, 5.41) is 1.23. The molecule has 10 heteroatoms. The highest BCUT2D eigenvalue weighted by Crippen LogP contribution is 2.22. The van der Waals surface area contributed by atoms with Crippen molar-refractivity contribution in [3.8, 4) is 0 Å². The number of ether oxygens (including phenoxy) is 1. The second-order valence-corrected chi connectivity index (χ2v) is 7.86. The lowest BCUT2D eigenvalue weighted by Crippen LogP contribution is -2.48. The fraction of sp³-hybridized carbons (Fsp3) is 0.500. The lowest BCUT2D eigenvalue weighted by Gasteiger charge is -2.21. The third-order valence-electron chi connectivity index (χ3n) is 3.98. The summed E-state index contributed by atoms with van der Waals surface area (Å²) in [6.45, 7) is 5.13. The molecule has 1 amide bonds.